The Morgan fingerprint density at radius 2 is 1.81 bits per heavy atom. The topological polar surface area (TPSA) is 94.9 Å². The second-order valence-electron chi connectivity index (χ2n) is 6.94. The highest BCUT2D eigenvalue weighted by Gasteiger charge is 2.26. The average molecular weight is 362 g/mol. The highest BCUT2D eigenvalue weighted by Crippen LogP contribution is 2.20. The Morgan fingerprint density at radius 3 is 2.54 bits per heavy atom. The van der Waals surface area contributed by atoms with Crippen LogP contribution in [-0.2, 0) is 16.1 Å². The Kier molecular flexibility index (Phi) is 5.92. The molecule has 1 fully saturated rings. The summed E-state index contributed by atoms with van der Waals surface area (Å²) >= 11 is 0. The maximum absolute atomic E-state index is 12.7. The lowest BCUT2D eigenvalue weighted by molar-refractivity contribution is -0.138. The van der Waals surface area contributed by atoms with Gasteiger partial charge in [-0.2, -0.15) is 0 Å². The quantitative estimate of drug-likeness (QED) is 0.761. The van der Waals surface area contributed by atoms with Crippen molar-refractivity contribution in [1.82, 2.24) is 14.4 Å². The number of likely N-dealkylation sites (tertiary alicyclic amines) is 1. The van der Waals surface area contributed by atoms with E-state index in [0.29, 0.717) is 24.5 Å². The summed E-state index contributed by atoms with van der Waals surface area (Å²) in [6.07, 6.45) is 5.24. The van der Waals surface area contributed by atoms with E-state index < -0.39 is 5.97 Å². The van der Waals surface area contributed by atoms with Crippen molar-refractivity contribution in [2.45, 2.75) is 38.6 Å². The third-order valence-corrected chi connectivity index (χ3v) is 5.00. The molecule has 0 bridgehead atoms. The normalized spacial score (nSPS) is 17.8. The summed E-state index contributed by atoms with van der Waals surface area (Å²) in [5.74, 6) is -1.38. The Bertz CT molecular complexity index is 679. The molecule has 2 amide bonds. The summed E-state index contributed by atoms with van der Waals surface area (Å²) in [4.78, 5) is 39.3. The van der Waals surface area contributed by atoms with Crippen molar-refractivity contribution >= 4 is 23.5 Å². The summed E-state index contributed by atoms with van der Waals surface area (Å²) in [6.45, 7) is 5.23. The lowest BCUT2D eigenvalue weighted by Crippen LogP contribution is -2.44. The number of carboxylic acid groups (broad SMARTS) is 1. The molecule has 3 rings (SSSR count). The molecule has 0 radical (unpaired) electrons. The summed E-state index contributed by atoms with van der Waals surface area (Å²) in [5, 5.41) is 11.3. The molecule has 2 aliphatic rings. The van der Waals surface area contributed by atoms with E-state index in [4.69, 9.17) is 5.11 Å². The predicted molar refractivity (Wildman–Crippen MR) is 96.1 cm³/mol. The average Bonchev–Trinajstić information content (AvgIpc) is 3.04. The fraction of sp³-hybridized carbons (Fsp3) is 0.611. The number of amides is 2. The van der Waals surface area contributed by atoms with Gasteiger partial charge in [-0.3, -0.25) is 14.4 Å². The number of anilines is 1. The van der Waals surface area contributed by atoms with Gasteiger partial charge in [0, 0.05) is 38.8 Å². The molecular formula is C18H26N4O4. The van der Waals surface area contributed by atoms with Gasteiger partial charge in [-0.05, 0) is 32.0 Å². The molecule has 26 heavy (non-hydrogen) atoms. The summed E-state index contributed by atoms with van der Waals surface area (Å²) in [6, 6.07) is 1.67. The van der Waals surface area contributed by atoms with Gasteiger partial charge in [0.05, 0.1) is 12.1 Å². The zero-order valence-electron chi connectivity index (χ0n) is 14.9. The number of hydrogen-bond donors (Lipinski definition) is 2. The summed E-state index contributed by atoms with van der Waals surface area (Å²) < 4.78 is 1.85. The van der Waals surface area contributed by atoms with Crippen LogP contribution in [0.3, 0.4) is 0 Å². The second-order valence-corrected chi connectivity index (χ2v) is 6.94. The first-order chi connectivity index (χ1) is 12.5. The molecule has 0 aromatic carbocycles. The van der Waals surface area contributed by atoms with Gasteiger partial charge >= 0.3 is 5.97 Å². The van der Waals surface area contributed by atoms with Gasteiger partial charge < -0.3 is 24.8 Å². The van der Waals surface area contributed by atoms with Gasteiger partial charge in [-0.25, -0.2) is 0 Å². The number of fused-ring (bicyclic) bond motifs is 1. The molecule has 0 saturated carbocycles. The highest BCUT2D eigenvalue weighted by molar-refractivity contribution is 5.97. The van der Waals surface area contributed by atoms with Crippen LogP contribution in [-0.4, -0.2) is 70.0 Å². The Hall–Kier alpha value is -2.35. The molecule has 1 saturated heterocycles. The van der Waals surface area contributed by atoms with Crippen molar-refractivity contribution in [3.63, 3.8) is 0 Å². The van der Waals surface area contributed by atoms with E-state index in [0.717, 1.165) is 26.2 Å². The Morgan fingerprint density at radius 1 is 1.04 bits per heavy atom. The van der Waals surface area contributed by atoms with Gasteiger partial charge in [0.1, 0.15) is 5.69 Å². The molecule has 1 aromatic rings. The zero-order chi connectivity index (χ0) is 18.5. The van der Waals surface area contributed by atoms with Crippen molar-refractivity contribution in [3.8, 4) is 0 Å². The molecule has 142 valence electrons. The molecule has 0 atom stereocenters. The van der Waals surface area contributed by atoms with E-state index in [1.165, 1.54) is 19.3 Å². The van der Waals surface area contributed by atoms with Crippen LogP contribution in [0.2, 0.25) is 0 Å². The Balaban J connectivity index is 1.55. The van der Waals surface area contributed by atoms with Crippen molar-refractivity contribution in [2.75, 3.05) is 38.0 Å². The molecule has 2 N–H and O–H groups in total. The Labute approximate surface area is 152 Å². The third kappa shape index (κ3) is 4.63. The number of aliphatic carboxylic acids is 1. The van der Waals surface area contributed by atoms with Crippen molar-refractivity contribution < 1.29 is 19.5 Å². The van der Waals surface area contributed by atoms with Crippen LogP contribution in [0.1, 0.15) is 42.6 Å². The van der Waals surface area contributed by atoms with Gasteiger partial charge in [0.15, 0.2) is 0 Å². The van der Waals surface area contributed by atoms with E-state index in [2.05, 4.69) is 10.2 Å². The van der Waals surface area contributed by atoms with E-state index in [1.54, 1.807) is 12.3 Å². The van der Waals surface area contributed by atoms with E-state index in [-0.39, 0.29) is 24.7 Å². The number of carbonyl (C=O) groups excluding carboxylic acids is 2. The molecule has 8 heteroatoms. The van der Waals surface area contributed by atoms with Crippen molar-refractivity contribution in [3.05, 3.63) is 18.0 Å². The molecule has 0 spiro atoms. The first-order valence-corrected chi connectivity index (χ1v) is 9.26. The highest BCUT2D eigenvalue weighted by atomic mass is 16.4. The number of nitrogens with zero attached hydrogens (tertiary/aromatic N) is 3. The summed E-state index contributed by atoms with van der Waals surface area (Å²) in [7, 11) is 0. The molecule has 0 aliphatic carbocycles. The minimum absolute atomic E-state index is 0.0145. The maximum atomic E-state index is 12.7. The molecule has 2 aliphatic heterocycles. The molecule has 1 aromatic heterocycles. The van der Waals surface area contributed by atoms with Crippen LogP contribution < -0.4 is 5.32 Å². The summed E-state index contributed by atoms with van der Waals surface area (Å²) in [5.41, 5.74) is 1.12. The van der Waals surface area contributed by atoms with Crippen LogP contribution in [0.25, 0.3) is 0 Å². The van der Waals surface area contributed by atoms with E-state index in [9.17, 15) is 14.4 Å². The minimum atomic E-state index is -1.00. The standard InChI is InChI=1S/C18H26N4O4/c23-16(4-5-17(24)25)19-14-12-15-18(26)21(10-11-22(15)13-14)9-8-20-6-2-1-3-7-20/h12-13H,1-11H2,(H,19,23)(H,24,25). The lowest BCUT2D eigenvalue weighted by Gasteiger charge is -2.32. The minimum Gasteiger partial charge on any atom is -0.481 e. The lowest BCUT2D eigenvalue weighted by atomic mass is 10.1. The fourth-order valence-electron chi connectivity index (χ4n) is 3.54. The number of nitrogens with one attached hydrogen (secondary N) is 1. The SMILES string of the molecule is O=C(O)CCC(=O)Nc1cc2n(c1)CCN(CCN1CCCCC1)C2=O. The van der Waals surface area contributed by atoms with Gasteiger partial charge in [0.2, 0.25) is 5.91 Å². The number of carboxylic acids is 1. The van der Waals surface area contributed by atoms with Crippen LogP contribution in [0.15, 0.2) is 12.3 Å². The van der Waals surface area contributed by atoms with Crippen molar-refractivity contribution in [1.29, 1.82) is 0 Å². The largest absolute Gasteiger partial charge is 0.481 e. The number of rotatable bonds is 7. The monoisotopic (exact) mass is 362 g/mol. The van der Waals surface area contributed by atoms with Crippen LogP contribution in [0.5, 0.6) is 0 Å². The smallest absolute Gasteiger partial charge is 0.303 e. The first kappa shape index (κ1) is 18.4. The number of piperidine rings is 1. The van der Waals surface area contributed by atoms with Crippen LogP contribution >= 0.6 is 0 Å². The van der Waals surface area contributed by atoms with E-state index in [1.807, 2.05) is 9.47 Å². The van der Waals surface area contributed by atoms with Crippen molar-refractivity contribution in [2.24, 2.45) is 0 Å². The van der Waals surface area contributed by atoms with Gasteiger partial charge in [0.25, 0.3) is 5.91 Å². The zero-order valence-corrected chi connectivity index (χ0v) is 14.9. The second kappa shape index (κ2) is 8.35. The third-order valence-electron chi connectivity index (χ3n) is 5.00. The first-order valence-electron chi connectivity index (χ1n) is 9.26. The maximum Gasteiger partial charge on any atom is 0.303 e. The molecule has 0 unspecified atom stereocenters. The number of carbonyl (C=O) groups is 3. The molecular weight excluding hydrogens is 336 g/mol. The van der Waals surface area contributed by atoms with E-state index >= 15 is 0 Å². The van der Waals surface area contributed by atoms with Gasteiger partial charge in [-0.1, -0.05) is 6.42 Å². The van der Waals surface area contributed by atoms with Crippen LogP contribution in [0.4, 0.5) is 5.69 Å². The fourth-order valence-corrected chi connectivity index (χ4v) is 3.54. The molecule has 8 nitrogen and oxygen atoms in total. The molecule has 3 heterocycles. The van der Waals surface area contributed by atoms with Crippen LogP contribution in [0, 0.1) is 0 Å². The van der Waals surface area contributed by atoms with Gasteiger partial charge in [-0.15, -0.1) is 0 Å². The predicted octanol–water partition coefficient (Wildman–Crippen LogP) is 1.23. The number of hydrogen-bond acceptors (Lipinski definition) is 4. The number of aromatic nitrogens is 1.